The molecule has 0 bridgehead atoms. The lowest BCUT2D eigenvalue weighted by molar-refractivity contribution is 0.0594. The molecule has 6 heterocycles. The number of carboxylic acid groups (broad SMARTS) is 1. The number of nitrogens with zero attached hydrogens (tertiary/aromatic N) is 10. The highest BCUT2D eigenvalue weighted by Crippen LogP contribution is 2.25. The van der Waals surface area contributed by atoms with Gasteiger partial charge in [-0.15, -0.1) is 10.2 Å². The Morgan fingerprint density at radius 2 is 1.07 bits per heavy atom. The van der Waals surface area contributed by atoms with Crippen LogP contribution in [-0.2, 0) is 17.8 Å². The van der Waals surface area contributed by atoms with Crippen molar-refractivity contribution in [3.8, 4) is 22.5 Å². The maximum absolute atomic E-state index is 14.4. The minimum absolute atomic E-state index is 0.121. The molecule has 1 N–H and O–H groups in total. The Balaban J connectivity index is 0.000000156. The van der Waals surface area contributed by atoms with Crippen LogP contribution in [0.2, 0.25) is 0 Å². The van der Waals surface area contributed by atoms with Crippen molar-refractivity contribution in [3.05, 3.63) is 168 Å². The minimum Gasteiger partial charge on any atom is -0.478 e. The van der Waals surface area contributed by atoms with E-state index in [1.165, 1.54) is 37.4 Å². The van der Waals surface area contributed by atoms with Crippen LogP contribution in [0.3, 0.4) is 0 Å². The molecule has 0 radical (unpaired) electrons. The summed E-state index contributed by atoms with van der Waals surface area (Å²) in [5.41, 5.74) is 7.86. The third-order valence-corrected chi connectivity index (χ3v) is 9.88. The Kier molecular flexibility index (Phi) is 10.1. The zero-order valence-corrected chi connectivity index (χ0v) is 32.0. The third kappa shape index (κ3) is 7.80. The highest BCUT2D eigenvalue weighted by molar-refractivity contribution is 5.91. The number of fused-ring (bicyclic) bond motifs is 4. The Bertz CT molecular complexity index is 3320. The summed E-state index contributed by atoms with van der Waals surface area (Å²) in [4.78, 5) is 40.5. The predicted octanol–water partition coefficient (Wildman–Crippen LogP) is 7.94. The first-order valence-electron chi connectivity index (χ1n) is 18.7. The molecular formula is C45H30F2N10O4. The summed E-state index contributed by atoms with van der Waals surface area (Å²) in [6.07, 6.45) is 3.52. The van der Waals surface area contributed by atoms with E-state index in [0.717, 1.165) is 32.9 Å². The lowest BCUT2D eigenvalue weighted by atomic mass is 10.1. The highest BCUT2D eigenvalue weighted by Gasteiger charge is 2.16. The van der Waals surface area contributed by atoms with Crippen LogP contribution in [0.5, 0.6) is 0 Å². The third-order valence-electron chi connectivity index (χ3n) is 9.88. The van der Waals surface area contributed by atoms with Gasteiger partial charge in [0, 0.05) is 34.3 Å². The fraction of sp³-hybridized carbons (Fsp3) is 0.0667. The highest BCUT2D eigenvalue weighted by atomic mass is 19.1. The van der Waals surface area contributed by atoms with Gasteiger partial charge >= 0.3 is 11.9 Å². The Morgan fingerprint density at radius 1 is 0.590 bits per heavy atom. The van der Waals surface area contributed by atoms with E-state index in [1.54, 1.807) is 52.1 Å². The zero-order valence-electron chi connectivity index (χ0n) is 32.0. The van der Waals surface area contributed by atoms with Crippen molar-refractivity contribution in [2.45, 2.75) is 13.1 Å². The van der Waals surface area contributed by atoms with Crippen LogP contribution in [0.25, 0.3) is 66.6 Å². The second kappa shape index (κ2) is 16.1. The topological polar surface area (TPSA) is 177 Å². The second-order valence-electron chi connectivity index (χ2n) is 13.8. The predicted molar refractivity (Wildman–Crippen MR) is 221 cm³/mol. The van der Waals surface area contributed by atoms with Gasteiger partial charge in [-0.1, -0.05) is 46.8 Å². The number of carbonyl (C=O) groups is 2. The number of methoxy groups -OCH3 is 1. The van der Waals surface area contributed by atoms with Gasteiger partial charge in [0.15, 0.2) is 11.3 Å². The summed E-state index contributed by atoms with van der Waals surface area (Å²) < 4.78 is 36.4. The Labute approximate surface area is 343 Å². The van der Waals surface area contributed by atoms with Gasteiger partial charge in [-0.05, 0) is 96.1 Å². The maximum atomic E-state index is 14.4. The van der Waals surface area contributed by atoms with Crippen LogP contribution in [0.4, 0.5) is 8.78 Å². The molecular weight excluding hydrogens is 783 g/mol. The van der Waals surface area contributed by atoms with Crippen molar-refractivity contribution in [2.75, 3.05) is 7.11 Å². The quantitative estimate of drug-likeness (QED) is 0.147. The molecule has 16 heteroatoms. The molecule has 10 rings (SSSR count). The summed E-state index contributed by atoms with van der Waals surface area (Å²) in [7, 11) is 1.21. The van der Waals surface area contributed by atoms with E-state index in [1.807, 2.05) is 54.6 Å². The lowest BCUT2D eigenvalue weighted by Crippen LogP contribution is -2.05. The van der Waals surface area contributed by atoms with Crippen LogP contribution >= 0.6 is 0 Å². The molecule has 10 aromatic rings. The number of halogens is 2. The molecule has 0 saturated carbocycles. The first-order chi connectivity index (χ1) is 29.7. The molecule has 61 heavy (non-hydrogen) atoms. The SMILES string of the molecule is COC(=O)c1ccc(-c2ccc3nnn(Cc4ccc5ncccc5c4)c3n2)cc1F.O=C(O)c1ccc(-c2ccc3nnn(Cc4ccc5ncccc5c4)c3n2)cc1F. The number of rotatable bonds is 8. The van der Waals surface area contributed by atoms with Crippen LogP contribution in [0, 0.1) is 11.6 Å². The van der Waals surface area contributed by atoms with Crippen molar-refractivity contribution >= 4 is 56.1 Å². The average molecular weight is 813 g/mol. The number of carboxylic acids is 1. The van der Waals surface area contributed by atoms with Gasteiger partial charge in [0.2, 0.25) is 0 Å². The minimum atomic E-state index is -1.31. The van der Waals surface area contributed by atoms with Crippen LogP contribution in [0.15, 0.2) is 134 Å². The number of ether oxygens (including phenoxy) is 1. The van der Waals surface area contributed by atoms with E-state index in [9.17, 15) is 18.4 Å². The van der Waals surface area contributed by atoms with E-state index in [-0.39, 0.29) is 11.1 Å². The fourth-order valence-corrected chi connectivity index (χ4v) is 6.83. The molecule has 0 saturated heterocycles. The molecule has 0 unspecified atom stereocenters. The Hall–Kier alpha value is -8.40. The smallest absolute Gasteiger partial charge is 0.340 e. The van der Waals surface area contributed by atoms with Gasteiger partial charge in [0.1, 0.15) is 22.7 Å². The first kappa shape index (κ1) is 38.1. The molecule has 0 fully saturated rings. The van der Waals surface area contributed by atoms with Gasteiger partial charge in [-0.3, -0.25) is 9.97 Å². The molecule has 14 nitrogen and oxygen atoms in total. The lowest BCUT2D eigenvalue weighted by Gasteiger charge is -2.07. The van der Waals surface area contributed by atoms with Gasteiger partial charge in [-0.2, -0.15) is 0 Å². The van der Waals surface area contributed by atoms with Crippen LogP contribution in [0.1, 0.15) is 31.8 Å². The number of aromatic carboxylic acids is 1. The zero-order chi connectivity index (χ0) is 42.0. The summed E-state index contributed by atoms with van der Waals surface area (Å²) in [5.74, 6) is -3.50. The van der Waals surface area contributed by atoms with Crippen molar-refractivity contribution < 1.29 is 28.2 Å². The van der Waals surface area contributed by atoms with E-state index >= 15 is 0 Å². The van der Waals surface area contributed by atoms with E-state index in [2.05, 4.69) is 51.4 Å². The summed E-state index contributed by atoms with van der Waals surface area (Å²) in [5, 5.41) is 27.8. The number of aromatic nitrogens is 10. The summed E-state index contributed by atoms with van der Waals surface area (Å²) in [6.45, 7) is 0.942. The van der Waals surface area contributed by atoms with Crippen molar-refractivity contribution in [1.29, 1.82) is 0 Å². The number of benzene rings is 4. The molecule has 0 amide bonds. The summed E-state index contributed by atoms with van der Waals surface area (Å²) >= 11 is 0. The number of hydrogen-bond donors (Lipinski definition) is 1. The van der Waals surface area contributed by atoms with Gasteiger partial charge in [0.25, 0.3) is 0 Å². The largest absolute Gasteiger partial charge is 0.478 e. The molecule has 0 atom stereocenters. The van der Waals surface area contributed by atoms with Gasteiger partial charge in [-0.25, -0.2) is 37.7 Å². The fourth-order valence-electron chi connectivity index (χ4n) is 6.83. The van der Waals surface area contributed by atoms with E-state index in [4.69, 9.17) is 5.11 Å². The number of esters is 1. The average Bonchev–Trinajstić information content (AvgIpc) is 3.88. The molecule has 0 aliphatic carbocycles. The molecule has 0 spiro atoms. The number of pyridine rings is 4. The standard InChI is InChI=1S/C23H16FN5O2.C22H14FN5O2/c1-31-23(30)17-6-5-16(12-18(17)24)20-8-9-21-22(26-20)29(28-27-21)13-14-4-7-19-15(11-14)3-2-10-25-19;23-17-11-15(4-5-16(17)22(29)30)19-7-8-20-21(25-19)28(27-26-20)12-13-3-6-18-14(10-13)2-1-9-24-18/h2-12H,13H2,1H3;1-11H,12H2,(H,29,30). The molecule has 6 aromatic heterocycles. The van der Waals surface area contributed by atoms with Gasteiger partial charge in [0.05, 0.1) is 53.7 Å². The van der Waals surface area contributed by atoms with E-state index < -0.39 is 23.6 Å². The van der Waals surface area contributed by atoms with Crippen molar-refractivity contribution in [3.63, 3.8) is 0 Å². The normalized spacial score (nSPS) is 11.2. The van der Waals surface area contributed by atoms with Gasteiger partial charge < -0.3 is 9.84 Å². The van der Waals surface area contributed by atoms with E-state index in [0.29, 0.717) is 57.9 Å². The molecule has 0 aliphatic rings. The monoisotopic (exact) mass is 812 g/mol. The molecule has 0 aliphatic heterocycles. The maximum Gasteiger partial charge on any atom is 0.340 e. The molecule has 298 valence electrons. The van der Waals surface area contributed by atoms with Crippen LogP contribution in [-0.4, -0.2) is 74.1 Å². The second-order valence-corrected chi connectivity index (χ2v) is 13.8. The van der Waals surface area contributed by atoms with Crippen molar-refractivity contribution in [1.82, 2.24) is 49.9 Å². The summed E-state index contributed by atoms with van der Waals surface area (Å²) in [6, 6.07) is 35.0. The number of hydrogen-bond acceptors (Lipinski definition) is 11. The molecule has 4 aromatic carbocycles. The first-order valence-corrected chi connectivity index (χ1v) is 18.7. The van der Waals surface area contributed by atoms with Crippen LogP contribution < -0.4 is 0 Å². The Morgan fingerprint density at radius 3 is 1.52 bits per heavy atom. The van der Waals surface area contributed by atoms with Crippen molar-refractivity contribution in [2.24, 2.45) is 0 Å². The number of carbonyl (C=O) groups excluding carboxylic acids is 1.